The second-order valence-electron chi connectivity index (χ2n) is 23.1. The molecule has 0 saturated heterocycles. The predicted octanol–water partition coefficient (Wildman–Crippen LogP) is 23.7. The molecule has 0 spiro atoms. The van der Waals surface area contributed by atoms with Crippen LogP contribution in [0, 0.1) is 0 Å². The van der Waals surface area contributed by atoms with Gasteiger partial charge >= 0.3 is 17.9 Å². The normalized spacial score (nSPS) is 12.5. The Kier molecular flexibility index (Phi) is 64.7. The van der Waals surface area contributed by atoms with Crippen molar-refractivity contribution in [2.75, 3.05) is 13.2 Å². The van der Waals surface area contributed by atoms with E-state index in [9.17, 15) is 14.4 Å². The van der Waals surface area contributed by atoms with Gasteiger partial charge in [0.05, 0.1) is 0 Å². The summed E-state index contributed by atoms with van der Waals surface area (Å²) >= 11 is 0. The van der Waals surface area contributed by atoms with Gasteiger partial charge in [0.15, 0.2) is 6.10 Å². The molecule has 0 N–H and O–H groups in total. The van der Waals surface area contributed by atoms with Gasteiger partial charge in [0.1, 0.15) is 13.2 Å². The van der Waals surface area contributed by atoms with Crippen molar-refractivity contribution in [1.29, 1.82) is 0 Å². The predicted molar refractivity (Wildman–Crippen MR) is 344 cm³/mol. The van der Waals surface area contributed by atoms with Gasteiger partial charge in [0.2, 0.25) is 0 Å². The van der Waals surface area contributed by atoms with Crippen LogP contribution in [0.2, 0.25) is 0 Å². The number of allylic oxidation sites excluding steroid dienone is 12. The average molecular weight is 1100 g/mol. The van der Waals surface area contributed by atoms with Gasteiger partial charge in [0, 0.05) is 19.3 Å². The van der Waals surface area contributed by atoms with Crippen LogP contribution in [-0.4, -0.2) is 37.2 Å². The molecule has 0 aromatic heterocycles. The van der Waals surface area contributed by atoms with Crippen molar-refractivity contribution in [2.45, 2.75) is 361 Å². The highest BCUT2D eigenvalue weighted by Gasteiger charge is 2.19. The van der Waals surface area contributed by atoms with Crippen molar-refractivity contribution in [3.63, 3.8) is 0 Å². The summed E-state index contributed by atoms with van der Waals surface area (Å²) in [7, 11) is 0. The second-order valence-corrected chi connectivity index (χ2v) is 23.1. The zero-order valence-corrected chi connectivity index (χ0v) is 52.6. The van der Waals surface area contributed by atoms with E-state index in [-0.39, 0.29) is 31.1 Å². The molecule has 0 radical (unpaired) electrons. The lowest BCUT2D eigenvalue weighted by molar-refractivity contribution is -0.167. The molecule has 0 saturated carbocycles. The molecule has 0 aliphatic carbocycles. The minimum absolute atomic E-state index is 0.0722. The van der Waals surface area contributed by atoms with Crippen LogP contribution in [0.5, 0.6) is 0 Å². The van der Waals surface area contributed by atoms with E-state index >= 15 is 0 Å². The Morgan fingerprint density at radius 1 is 0.266 bits per heavy atom. The molecule has 0 aromatic carbocycles. The van der Waals surface area contributed by atoms with E-state index in [0.29, 0.717) is 19.3 Å². The molecule has 0 bridgehead atoms. The smallest absolute Gasteiger partial charge is 0.306 e. The molecule has 0 aromatic rings. The lowest BCUT2D eigenvalue weighted by Gasteiger charge is -2.18. The molecule has 1 unspecified atom stereocenters. The summed E-state index contributed by atoms with van der Waals surface area (Å²) in [6.45, 7) is 6.48. The topological polar surface area (TPSA) is 78.9 Å². The van der Waals surface area contributed by atoms with E-state index in [1.165, 1.54) is 218 Å². The van der Waals surface area contributed by atoms with E-state index in [4.69, 9.17) is 14.2 Å². The van der Waals surface area contributed by atoms with Crippen molar-refractivity contribution >= 4 is 17.9 Å². The third kappa shape index (κ3) is 65.5. The molecule has 0 heterocycles. The van der Waals surface area contributed by atoms with Crippen LogP contribution in [0.25, 0.3) is 0 Å². The van der Waals surface area contributed by atoms with E-state index in [1.807, 2.05) is 0 Å². The zero-order chi connectivity index (χ0) is 57.1. The fourth-order valence-electron chi connectivity index (χ4n) is 10.1. The molecular weight excluding hydrogens is 973 g/mol. The van der Waals surface area contributed by atoms with Crippen LogP contribution in [0.1, 0.15) is 355 Å². The zero-order valence-electron chi connectivity index (χ0n) is 52.6. The fraction of sp³-hybridized carbons (Fsp3) is 0.795. The molecule has 6 nitrogen and oxygen atoms in total. The fourth-order valence-corrected chi connectivity index (χ4v) is 10.1. The SMILES string of the molecule is CC/C=C\C/C=C\C/C=C\C/C=C\CCCCCCCCCCCCCCC(=O)OC(COC(=O)CCCCCCC)COC(=O)CCCCCCCCCCCCCCCCCCCCC/C=C\C/C=C\CCCCCCC. The maximum absolute atomic E-state index is 12.8. The minimum atomic E-state index is -0.772. The van der Waals surface area contributed by atoms with Gasteiger partial charge < -0.3 is 14.2 Å². The highest BCUT2D eigenvalue weighted by molar-refractivity contribution is 5.71. The molecule has 458 valence electrons. The summed E-state index contributed by atoms with van der Waals surface area (Å²) in [6, 6.07) is 0. The Labute approximate surface area is 491 Å². The highest BCUT2D eigenvalue weighted by atomic mass is 16.6. The Bertz CT molecular complexity index is 1450. The highest BCUT2D eigenvalue weighted by Crippen LogP contribution is 2.18. The first-order valence-corrected chi connectivity index (χ1v) is 34.4. The summed E-state index contributed by atoms with van der Waals surface area (Å²) in [6.07, 6.45) is 88.4. The van der Waals surface area contributed by atoms with E-state index in [2.05, 4.69) is 93.7 Å². The summed E-state index contributed by atoms with van der Waals surface area (Å²) in [5, 5.41) is 0. The van der Waals surface area contributed by atoms with Crippen LogP contribution >= 0.6 is 0 Å². The van der Waals surface area contributed by atoms with Crippen LogP contribution in [0.3, 0.4) is 0 Å². The molecule has 1 atom stereocenters. The third-order valence-electron chi connectivity index (χ3n) is 15.2. The summed E-state index contributed by atoms with van der Waals surface area (Å²) in [5.74, 6) is -0.871. The Morgan fingerprint density at radius 2 is 0.494 bits per heavy atom. The molecule has 6 heteroatoms. The monoisotopic (exact) mass is 1100 g/mol. The third-order valence-corrected chi connectivity index (χ3v) is 15.2. The Morgan fingerprint density at radius 3 is 0.772 bits per heavy atom. The van der Waals surface area contributed by atoms with Gasteiger partial charge in [-0.3, -0.25) is 14.4 Å². The number of carbonyl (C=O) groups is 3. The first kappa shape index (κ1) is 75.8. The molecule has 0 aliphatic rings. The molecule has 0 rings (SSSR count). The van der Waals surface area contributed by atoms with Crippen LogP contribution in [0.15, 0.2) is 72.9 Å². The van der Waals surface area contributed by atoms with Crippen molar-refractivity contribution in [3.8, 4) is 0 Å². The van der Waals surface area contributed by atoms with Gasteiger partial charge in [-0.2, -0.15) is 0 Å². The Balaban J connectivity index is 3.95. The largest absolute Gasteiger partial charge is 0.462 e. The van der Waals surface area contributed by atoms with Gasteiger partial charge in [-0.15, -0.1) is 0 Å². The first-order chi connectivity index (χ1) is 39.0. The van der Waals surface area contributed by atoms with Gasteiger partial charge in [-0.25, -0.2) is 0 Å². The van der Waals surface area contributed by atoms with Crippen molar-refractivity contribution < 1.29 is 28.6 Å². The van der Waals surface area contributed by atoms with Crippen LogP contribution < -0.4 is 0 Å². The van der Waals surface area contributed by atoms with Gasteiger partial charge in [-0.05, 0) is 89.9 Å². The molecule has 0 fully saturated rings. The quantitative estimate of drug-likeness (QED) is 0.0261. The van der Waals surface area contributed by atoms with Crippen LogP contribution in [-0.2, 0) is 28.6 Å². The van der Waals surface area contributed by atoms with E-state index in [1.54, 1.807) is 0 Å². The van der Waals surface area contributed by atoms with Crippen molar-refractivity contribution in [1.82, 2.24) is 0 Å². The number of hydrogen-bond acceptors (Lipinski definition) is 6. The van der Waals surface area contributed by atoms with Crippen molar-refractivity contribution in [2.24, 2.45) is 0 Å². The number of unbranched alkanes of at least 4 members (excludes halogenated alkanes) is 40. The molecule has 0 aliphatic heterocycles. The Hall–Kier alpha value is -3.15. The standard InChI is InChI=1S/C73H130O6/c1-4-7-10-13-15-17-19-21-23-25-27-29-31-33-34-35-36-37-38-40-41-43-45-47-49-51-53-55-57-60-63-66-72(75)78-69-70(68-77-71(74)65-62-59-12-9-6-3)79-73(76)67-64-61-58-56-54-52-50-48-46-44-42-39-32-30-28-26-24-22-20-18-16-14-11-8-5-2/h8,11,16,18-19,21-22,24-25,27-28,30,70H,4-7,9-10,12-15,17,20,23,26,29,31-69H2,1-3H3/b11-8-,18-16-,21-19-,24-22-,27-25-,30-28-. The summed E-state index contributed by atoms with van der Waals surface area (Å²) < 4.78 is 16.8. The van der Waals surface area contributed by atoms with E-state index < -0.39 is 6.10 Å². The number of esters is 3. The van der Waals surface area contributed by atoms with Crippen molar-refractivity contribution in [3.05, 3.63) is 72.9 Å². The maximum atomic E-state index is 12.8. The van der Waals surface area contributed by atoms with Gasteiger partial charge in [-0.1, -0.05) is 318 Å². The van der Waals surface area contributed by atoms with Crippen LogP contribution in [0.4, 0.5) is 0 Å². The number of rotatable bonds is 63. The van der Waals surface area contributed by atoms with Gasteiger partial charge in [0.25, 0.3) is 0 Å². The first-order valence-electron chi connectivity index (χ1n) is 34.4. The maximum Gasteiger partial charge on any atom is 0.306 e. The van der Waals surface area contributed by atoms with E-state index in [0.717, 1.165) is 96.3 Å². The number of hydrogen-bond donors (Lipinski definition) is 0. The minimum Gasteiger partial charge on any atom is -0.462 e. The average Bonchev–Trinajstić information content (AvgIpc) is 3.45. The second kappa shape index (κ2) is 67.4. The molecule has 0 amide bonds. The summed E-state index contributed by atoms with van der Waals surface area (Å²) in [4.78, 5) is 38.0. The summed E-state index contributed by atoms with van der Waals surface area (Å²) in [5.41, 5.74) is 0. The molecule has 79 heavy (non-hydrogen) atoms. The lowest BCUT2D eigenvalue weighted by atomic mass is 10.0. The number of carbonyl (C=O) groups excluding carboxylic acids is 3. The number of ether oxygens (including phenoxy) is 3. The molecular formula is C73H130O6. The lowest BCUT2D eigenvalue weighted by Crippen LogP contribution is -2.30.